The molecule has 4 rings (SSSR count). The summed E-state index contributed by atoms with van der Waals surface area (Å²) in [5.74, 6) is -0.548. The van der Waals surface area contributed by atoms with E-state index in [1.165, 1.54) is 24.3 Å². The Morgan fingerprint density at radius 1 is 1.21 bits per heavy atom. The third kappa shape index (κ3) is 3.74. The van der Waals surface area contributed by atoms with E-state index in [4.69, 9.17) is 4.74 Å². The molecule has 8 nitrogen and oxygen atoms in total. The molecule has 3 aromatic rings. The Balaban J connectivity index is 1.56. The minimum absolute atomic E-state index is 0.0960. The molecule has 2 amide bonds. The number of alkyl halides is 3. The molecule has 0 bridgehead atoms. The van der Waals surface area contributed by atoms with Crippen LogP contribution in [0, 0.1) is 0 Å². The van der Waals surface area contributed by atoms with Gasteiger partial charge in [-0.3, -0.25) is 9.59 Å². The normalized spacial score (nSPS) is 13.3. The molecule has 0 atom stereocenters. The highest BCUT2D eigenvalue weighted by Crippen LogP contribution is 2.33. The fourth-order valence-corrected chi connectivity index (χ4v) is 2.75. The number of nitrogens with one attached hydrogen (secondary N) is 2. The maximum atomic E-state index is 13.2. The van der Waals surface area contributed by atoms with Gasteiger partial charge in [0.1, 0.15) is 5.75 Å². The third-order valence-electron chi connectivity index (χ3n) is 4.05. The van der Waals surface area contributed by atoms with Gasteiger partial charge in [0.15, 0.2) is 12.3 Å². The second-order valence-electron chi connectivity index (χ2n) is 6.07. The van der Waals surface area contributed by atoms with Crippen molar-refractivity contribution in [1.29, 1.82) is 0 Å². The molecular weight excluding hydrogens is 391 g/mol. The summed E-state index contributed by atoms with van der Waals surface area (Å²) in [6.45, 7) is -0.0960. The van der Waals surface area contributed by atoms with Crippen LogP contribution in [0.2, 0.25) is 0 Å². The monoisotopic (exact) mass is 403 g/mol. The molecule has 1 aromatic heterocycles. The van der Waals surface area contributed by atoms with Crippen molar-refractivity contribution in [1.82, 2.24) is 15.0 Å². The molecule has 2 N–H and O–H groups in total. The van der Waals surface area contributed by atoms with Crippen molar-refractivity contribution >= 4 is 23.2 Å². The summed E-state index contributed by atoms with van der Waals surface area (Å²) in [7, 11) is 0. The maximum Gasteiger partial charge on any atom is 0.418 e. The van der Waals surface area contributed by atoms with Crippen LogP contribution < -0.4 is 15.4 Å². The quantitative estimate of drug-likeness (QED) is 0.701. The van der Waals surface area contributed by atoms with Gasteiger partial charge in [-0.15, -0.1) is 5.10 Å². The highest BCUT2D eigenvalue weighted by Gasteiger charge is 2.34. The van der Waals surface area contributed by atoms with Gasteiger partial charge in [0.25, 0.3) is 11.8 Å². The first-order valence-electron chi connectivity index (χ1n) is 8.28. The van der Waals surface area contributed by atoms with Gasteiger partial charge in [-0.05, 0) is 30.3 Å². The molecule has 0 fully saturated rings. The summed E-state index contributed by atoms with van der Waals surface area (Å²) in [4.78, 5) is 23.8. The fraction of sp³-hybridized carbons (Fsp3) is 0.111. The van der Waals surface area contributed by atoms with Crippen LogP contribution in [-0.4, -0.2) is 33.4 Å². The lowest BCUT2D eigenvalue weighted by Gasteiger charge is -2.18. The zero-order valence-electron chi connectivity index (χ0n) is 14.5. The molecule has 0 saturated carbocycles. The number of nitrogens with zero attached hydrogens (tertiary/aromatic N) is 3. The topological polar surface area (TPSA) is 98.1 Å². The van der Waals surface area contributed by atoms with Crippen LogP contribution in [0.25, 0.3) is 5.69 Å². The fourth-order valence-electron chi connectivity index (χ4n) is 2.75. The lowest BCUT2D eigenvalue weighted by Crippen LogP contribution is -2.25. The van der Waals surface area contributed by atoms with E-state index in [0.717, 1.165) is 16.9 Å². The second-order valence-corrected chi connectivity index (χ2v) is 6.07. The maximum absolute atomic E-state index is 13.2. The van der Waals surface area contributed by atoms with Gasteiger partial charge < -0.3 is 15.4 Å². The molecule has 148 valence electrons. The van der Waals surface area contributed by atoms with Crippen LogP contribution in [0.3, 0.4) is 0 Å². The lowest BCUT2D eigenvalue weighted by atomic mass is 10.1. The van der Waals surface area contributed by atoms with Gasteiger partial charge in [0.05, 0.1) is 23.1 Å². The molecule has 0 saturated heterocycles. The van der Waals surface area contributed by atoms with Crippen LogP contribution in [0.15, 0.2) is 48.7 Å². The molecule has 0 spiro atoms. The van der Waals surface area contributed by atoms with E-state index >= 15 is 0 Å². The van der Waals surface area contributed by atoms with Crippen molar-refractivity contribution < 1.29 is 27.5 Å². The number of aromatic nitrogens is 3. The Kier molecular flexibility index (Phi) is 4.41. The van der Waals surface area contributed by atoms with E-state index in [2.05, 4.69) is 20.9 Å². The average molecular weight is 403 g/mol. The summed E-state index contributed by atoms with van der Waals surface area (Å²) >= 11 is 0. The molecule has 29 heavy (non-hydrogen) atoms. The van der Waals surface area contributed by atoms with E-state index in [9.17, 15) is 22.8 Å². The number of rotatable bonds is 3. The van der Waals surface area contributed by atoms with Crippen LogP contribution >= 0.6 is 0 Å². The number of fused-ring (bicyclic) bond motifs is 1. The lowest BCUT2D eigenvalue weighted by molar-refractivity contribution is -0.137. The third-order valence-corrected chi connectivity index (χ3v) is 4.05. The highest BCUT2D eigenvalue weighted by atomic mass is 19.4. The number of hydrogen-bond acceptors (Lipinski definition) is 5. The number of para-hydroxylation sites is 1. The number of hydrogen-bond donors (Lipinski definition) is 2. The first kappa shape index (κ1) is 18.5. The molecule has 1 aliphatic rings. The van der Waals surface area contributed by atoms with E-state index in [1.807, 2.05) is 0 Å². The Morgan fingerprint density at radius 2 is 2.00 bits per heavy atom. The van der Waals surface area contributed by atoms with E-state index in [0.29, 0.717) is 17.1 Å². The van der Waals surface area contributed by atoms with Gasteiger partial charge in [-0.2, -0.15) is 13.2 Å². The summed E-state index contributed by atoms with van der Waals surface area (Å²) in [6, 6.07) is 9.45. The molecule has 1 aliphatic heterocycles. The van der Waals surface area contributed by atoms with Crippen molar-refractivity contribution in [3.63, 3.8) is 0 Å². The zero-order chi connectivity index (χ0) is 20.6. The number of halogens is 3. The minimum atomic E-state index is -4.58. The summed E-state index contributed by atoms with van der Waals surface area (Å²) < 4.78 is 45.6. The number of benzene rings is 2. The summed E-state index contributed by atoms with van der Waals surface area (Å²) in [6.07, 6.45) is -3.48. The SMILES string of the molecule is O=C1COc2ccc(NC(=O)c3cn(-c4ccccc4C(F)(F)F)nn3)cc2N1. The molecule has 0 radical (unpaired) electrons. The number of amides is 2. The Morgan fingerprint density at radius 3 is 2.79 bits per heavy atom. The smallest absolute Gasteiger partial charge is 0.418 e. The zero-order valence-corrected chi connectivity index (χ0v) is 14.5. The number of ether oxygens (including phenoxy) is 1. The van der Waals surface area contributed by atoms with Gasteiger partial charge in [-0.25, -0.2) is 4.68 Å². The molecule has 11 heteroatoms. The van der Waals surface area contributed by atoms with E-state index in [-0.39, 0.29) is 23.9 Å². The second kappa shape index (κ2) is 6.93. The Hall–Kier alpha value is -3.89. The first-order chi connectivity index (χ1) is 13.8. The minimum Gasteiger partial charge on any atom is -0.482 e. The standard InChI is InChI=1S/C18H12F3N5O3/c19-18(20,21)11-3-1-2-4-14(11)26-8-13(24-25-26)17(28)22-10-5-6-15-12(7-10)23-16(27)9-29-15/h1-8H,9H2,(H,22,28)(H,23,27). The predicted octanol–water partition coefficient (Wildman–Crippen LogP) is 2.87. The van der Waals surface area contributed by atoms with E-state index < -0.39 is 17.6 Å². The van der Waals surface area contributed by atoms with Gasteiger partial charge in [-0.1, -0.05) is 17.3 Å². The van der Waals surface area contributed by atoms with Crippen molar-refractivity contribution in [2.75, 3.05) is 17.2 Å². The first-order valence-corrected chi connectivity index (χ1v) is 8.28. The van der Waals surface area contributed by atoms with Crippen molar-refractivity contribution in [3.8, 4) is 11.4 Å². The highest BCUT2D eigenvalue weighted by molar-refractivity contribution is 6.03. The number of carbonyl (C=O) groups is 2. The van der Waals surface area contributed by atoms with Crippen LogP contribution in [0.5, 0.6) is 5.75 Å². The molecule has 0 aliphatic carbocycles. The molecule has 0 unspecified atom stereocenters. The van der Waals surface area contributed by atoms with Crippen LogP contribution in [0.4, 0.5) is 24.5 Å². The van der Waals surface area contributed by atoms with Crippen molar-refractivity contribution in [2.45, 2.75) is 6.18 Å². The van der Waals surface area contributed by atoms with Gasteiger partial charge in [0.2, 0.25) is 0 Å². The summed E-state index contributed by atoms with van der Waals surface area (Å²) in [5, 5.41) is 12.4. The number of anilines is 2. The Bertz CT molecular complexity index is 1110. The summed E-state index contributed by atoms with van der Waals surface area (Å²) in [5.41, 5.74) is -0.603. The molecule has 2 heterocycles. The number of carbonyl (C=O) groups excluding carboxylic acids is 2. The molecular formula is C18H12F3N5O3. The van der Waals surface area contributed by atoms with Crippen LogP contribution in [0.1, 0.15) is 16.1 Å². The van der Waals surface area contributed by atoms with Crippen molar-refractivity contribution in [3.05, 3.63) is 59.9 Å². The van der Waals surface area contributed by atoms with Crippen LogP contribution in [-0.2, 0) is 11.0 Å². The van der Waals surface area contributed by atoms with Gasteiger partial charge in [0, 0.05) is 5.69 Å². The van der Waals surface area contributed by atoms with E-state index in [1.54, 1.807) is 12.1 Å². The van der Waals surface area contributed by atoms with Gasteiger partial charge >= 0.3 is 6.18 Å². The predicted molar refractivity (Wildman–Crippen MR) is 94.9 cm³/mol. The average Bonchev–Trinajstić information content (AvgIpc) is 3.17. The van der Waals surface area contributed by atoms with Crippen molar-refractivity contribution in [2.24, 2.45) is 0 Å². The Labute approximate surface area is 161 Å². The molecule has 2 aromatic carbocycles. The largest absolute Gasteiger partial charge is 0.482 e.